The molecule has 0 heterocycles. The Kier molecular flexibility index (Phi) is 7.05. The van der Waals surface area contributed by atoms with E-state index in [4.69, 9.17) is 4.89 Å². The molecule has 1 N–H and O–H groups in total. The number of ketones is 1. The molecule has 0 aromatic heterocycles. The molecule has 0 aliphatic heterocycles. The van der Waals surface area contributed by atoms with Crippen LogP contribution in [0.25, 0.3) is 0 Å². The van der Waals surface area contributed by atoms with Crippen LogP contribution in [0.15, 0.2) is 0 Å². The fourth-order valence-corrected chi connectivity index (χ4v) is 1.93. The second-order valence-corrected chi connectivity index (χ2v) is 5.44. The molecule has 4 nitrogen and oxygen atoms in total. The number of rotatable bonds is 8. The van der Waals surface area contributed by atoms with Crippen LogP contribution in [0, 0.1) is 11.8 Å². The first kappa shape index (κ1) is 16.7. The van der Waals surface area contributed by atoms with Crippen LogP contribution in [-0.4, -0.2) is 23.2 Å². The third-order valence-electron chi connectivity index (χ3n) is 2.21. The molecule has 2 atom stereocenters. The van der Waals surface area contributed by atoms with Gasteiger partial charge in [-0.3, -0.25) is 9.36 Å². The van der Waals surface area contributed by atoms with E-state index in [-0.39, 0.29) is 11.8 Å². The van der Waals surface area contributed by atoms with Crippen molar-refractivity contribution in [3.8, 4) is 0 Å². The number of halogens is 2. The van der Waals surface area contributed by atoms with E-state index in [1.165, 1.54) is 0 Å². The highest BCUT2D eigenvalue weighted by molar-refractivity contribution is 7.32. The third kappa shape index (κ3) is 7.58. The van der Waals surface area contributed by atoms with Gasteiger partial charge in [-0.1, -0.05) is 20.8 Å². The predicted octanol–water partition coefficient (Wildman–Crippen LogP) is 2.66. The summed E-state index contributed by atoms with van der Waals surface area (Å²) in [6.45, 7) is 4.46. The van der Waals surface area contributed by atoms with Crippen LogP contribution in [-0.2, 0) is 13.9 Å². The Labute approximate surface area is 100 Å². The van der Waals surface area contributed by atoms with Crippen molar-refractivity contribution in [1.82, 2.24) is 0 Å². The third-order valence-corrected chi connectivity index (χ3v) is 2.60. The highest BCUT2D eigenvalue weighted by Crippen LogP contribution is 2.29. The van der Waals surface area contributed by atoms with Gasteiger partial charge < -0.3 is 9.42 Å². The summed E-state index contributed by atoms with van der Waals surface area (Å²) in [5.41, 5.74) is 0. The zero-order chi connectivity index (χ0) is 13.6. The maximum absolute atomic E-state index is 13.4. The zero-order valence-electron chi connectivity index (χ0n) is 10.2. The van der Waals surface area contributed by atoms with Crippen LogP contribution >= 0.6 is 8.25 Å². The molecule has 0 aromatic rings. The Bertz CT molecular complexity index is 281. The van der Waals surface area contributed by atoms with Gasteiger partial charge in [-0.2, -0.15) is 8.78 Å². The normalized spacial score (nSPS) is 15.9. The predicted molar refractivity (Wildman–Crippen MR) is 60.4 cm³/mol. The van der Waals surface area contributed by atoms with Gasteiger partial charge in [-0.25, -0.2) is 0 Å². The summed E-state index contributed by atoms with van der Waals surface area (Å²) in [7, 11) is -3.34. The van der Waals surface area contributed by atoms with E-state index in [0.29, 0.717) is 6.42 Å². The van der Waals surface area contributed by atoms with Crippen LogP contribution in [0.3, 0.4) is 0 Å². The monoisotopic (exact) mass is 272 g/mol. The van der Waals surface area contributed by atoms with Gasteiger partial charge in [-0.15, -0.1) is 0 Å². The van der Waals surface area contributed by atoms with Gasteiger partial charge in [0.15, 0.2) is 0 Å². The molecule has 102 valence electrons. The van der Waals surface area contributed by atoms with Crippen molar-refractivity contribution in [1.29, 1.82) is 0 Å². The molecule has 0 bridgehead atoms. The molecule has 1 unspecified atom stereocenters. The lowest BCUT2D eigenvalue weighted by molar-refractivity contribution is -0.147. The Balaban J connectivity index is 4.25. The zero-order valence-corrected chi connectivity index (χ0v) is 11.2. The molecule has 0 spiro atoms. The maximum atomic E-state index is 13.4. The summed E-state index contributed by atoms with van der Waals surface area (Å²) in [5.74, 6) is -4.95. The summed E-state index contributed by atoms with van der Waals surface area (Å²) in [5, 5.41) is 0. The summed E-state index contributed by atoms with van der Waals surface area (Å²) >= 11 is 0. The quantitative estimate of drug-likeness (QED) is 0.690. The lowest BCUT2D eigenvalue weighted by Gasteiger charge is -2.20. The smallest absolute Gasteiger partial charge is 0.317 e. The molecule has 0 saturated carbocycles. The van der Waals surface area contributed by atoms with Crippen LogP contribution in [0.5, 0.6) is 0 Å². The SMILES string of the molecule is CC(C)C[C@H](C)CC(F)(F)C(=O)CO[PH](=O)O. The first-order chi connectivity index (χ1) is 7.65. The molecule has 0 aliphatic carbocycles. The Morgan fingerprint density at radius 2 is 1.94 bits per heavy atom. The van der Waals surface area contributed by atoms with E-state index in [1.54, 1.807) is 6.92 Å². The number of hydrogen-bond donors (Lipinski definition) is 1. The second kappa shape index (κ2) is 7.19. The standard InChI is InChI=1S/C10H19F2O4P/c1-7(2)4-8(3)5-10(11,12)9(13)6-16-17(14)15/h7-8,17H,4-6H2,1-3H3,(H,14,15)/t8-/m0/s1. The molecule has 0 saturated heterocycles. The molecule has 7 heteroatoms. The average molecular weight is 272 g/mol. The molecule has 0 aromatic carbocycles. The van der Waals surface area contributed by atoms with Gasteiger partial charge in [0.25, 0.3) is 0 Å². The van der Waals surface area contributed by atoms with Crippen LogP contribution in [0.2, 0.25) is 0 Å². The number of carbonyl (C=O) groups is 1. The molecular formula is C10H19F2O4P. The van der Waals surface area contributed by atoms with Gasteiger partial charge in [0.1, 0.15) is 6.61 Å². The summed E-state index contributed by atoms with van der Waals surface area (Å²) in [4.78, 5) is 19.4. The van der Waals surface area contributed by atoms with E-state index in [2.05, 4.69) is 4.52 Å². The number of hydrogen-bond acceptors (Lipinski definition) is 3. The van der Waals surface area contributed by atoms with Crippen molar-refractivity contribution < 1.29 is 27.6 Å². The van der Waals surface area contributed by atoms with E-state index < -0.39 is 33.0 Å². The first-order valence-electron chi connectivity index (χ1n) is 5.42. The van der Waals surface area contributed by atoms with Crippen molar-refractivity contribution >= 4 is 14.0 Å². The minimum absolute atomic E-state index is 0.279. The van der Waals surface area contributed by atoms with E-state index in [9.17, 15) is 18.1 Å². The van der Waals surface area contributed by atoms with Gasteiger partial charge in [0, 0.05) is 6.42 Å². The molecule has 0 aliphatic rings. The van der Waals surface area contributed by atoms with Crippen molar-refractivity contribution in [2.75, 3.05) is 6.61 Å². The Morgan fingerprint density at radius 3 is 2.35 bits per heavy atom. The number of alkyl halides is 2. The molecule has 17 heavy (non-hydrogen) atoms. The fraction of sp³-hybridized carbons (Fsp3) is 0.900. The van der Waals surface area contributed by atoms with Crippen molar-refractivity contribution in [3.63, 3.8) is 0 Å². The van der Waals surface area contributed by atoms with Gasteiger partial charge in [0.2, 0.25) is 5.78 Å². The fourth-order valence-electron chi connectivity index (χ4n) is 1.67. The van der Waals surface area contributed by atoms with E-state index in [0.717, 1.165) is 0 Å². The first-order valence-corrected chi connectivity index (χ1v) is 6.68. The maximum Gasteiger partial charge on any atom is 0.317 e. The minimum atomic E-state index is -3.49. The van der Waals surface area contributed by atoms with Gasteiger partial charge in [0.05, 0.1) is 0 Å². The number of carbonyl (C=O) groups excluding carboxylic acids is 1. The van der Waals surface area contributed by atoms with Crippen molar-refractivity contribution in [3.05, 3.63) is 0 Å². The molecule has 0 rings (SSSR count). The highest BCUT2D eigenvalue weighted by atomic mass is 31.1. The minimum Gasteiger partial charge on any atom is -0.326 e. The summed E-state index contributed by atoms with van der Waals surface area (Å²) in [6.07, 6.45) is 0.0417. The Morgan fingerprint density at radius 1 is 1.41 bits per heavy atom. The molecule has 0 fully saturated rings. The molecule has 0 amide bonds. The number of Topliss-reactive ketones (excluding diaryl/α,β-unsaturated/α-hetero) is 1. The topological polar surface area (TPSA) is 63.6 Å². The molecular weight excluding hydrogens is 253 g/mol. The summed E-state index contributed by atoms with van der Waals surface area (Å²) < 4.78 is 40.9. The lowest BCUT2D eigenvalue weighted by Crippen LogP contribution is -2.33. The van der Waals surface area contributed by atoms with Gasteiger partial charge >= 0.3 is 14.2 Å². The lowest BCUT2D eigenvalue weighted by atomic mass is 9.92. The van der Waals surface area contributed by atoms with E-state index >= 15 is 0 Å². The second-order valence-electron chi connectivity index (χ2n) is 4.62. The molecule has 0 radical (unpaired) electrons. The van der Waals surface area contributed by atoms with Crippen LogP contribution in [0.4, 0.5) is 8.78 Å². The van der Waals surface area contributed by atoms with Crippen molar-refractivity contribution in [2.45, 2.75) is 39.5 Å². The van der Waals surface area contributed by atoms with E-state index in [1.807, 2.05) is 13.8 Å². The highest BCUT2D eigenvalue weighted by Gasteiger charge is 2.39. The van der Waals surface area contributed by atoms with Crippen LogP contribution in [0.1, 0.15) is 33.6 Å². The average Bonchev–Trinajstić information content (AvgIpc) is 2.11. The van der Waals surface area contributed by atoms with Gasteiger partial charge in [-0.05, 0) is 18.3 Å². The Hall–Kier alpha value is -0.320. The largest absolute Gasteiger partial charge is 0.326 e. The van der Waals surface area contributed by atoms with Crippen molar-refractivity contribution in [2.24, 2.45) is 11.8 Å². The van der Waals surface area contributed by atoms with Crippen LogP contribution < -0.4 is 0 Å². The summed E-state index contributed by atoms with van der Waals surface area (Å²) in [6, 6.07) is 0.